The van der Waals surface area contributed by atoms with Crippen LogP contribution in [-0.2, 0) is 17.5 Å². The first kappa shape index (κ1) is 22.8. The largest absolute Gasteiger partial charge is 0.416 e. The normalized spacial score (nSPS) is 16.2. The summed E-state index contributed by atoms with van der Waals surface area (Å²) in [5.41, 5.74) is -0.559. The van der Waals surface area contributed by atoms with Crippen LogP contribution in [0.25, 0.3) is 0 Å². The molecule has 1 fully saturated rings. The van der Waals surface area contributed by atoms with Gasteiger partial charge in [0.05, 0.1) is 5.56 Å². The van der Waals surface area contributed by atoms with E-state index >= 15 is 0 Å². The number of amides is 2. The number of imidazole rings is 1. The zero-order valence-electron chi connectivity index (χ0n) is 17.7. The molecule has 1 saturated heterocycles. The molecule has 0 unspecified atom stereocenters. The highest BCUT2D eigenvalue weighted by Crippen LogP contribution is 2.29. The number of carbonyl (C=O) groups excluding carboxylic acids is 2. The molecule has 168 valence electrons. The number of carbonyl (C=O) groups is 2. The molecule has 3 rings (SSSR count). The molecule has 9 heteroatoms. The lowest BCUT2D eigenvalue weighted by atomic mass is 9.95. The van der Waals surface area contributed by atoms with Crippen LogP contribution in [0, 0.1) is 18.8 Å². The molecule has 0 bridgehead atoms. The fourth-order valence-corrected chi connectivity index (χ4v) is 3.75. The standard InChI is InChI=1S/C22H27F3N4O2/c1-15(14-29-12-9-26-16(29)2)13-27-20(30)17-7-10-28(11-8-17)21(31)18-3-5-19(6-4-18)22(23,24)25/h3-6,9,12,15,17H,7-8,10-11,13-14H2,1-2H3,(H,27,30)/t15-/m1/s1. The van der Waals surface area contributed by atoms with Crippen LogP contribution in [-0.4, -0.2) is 45.9 Å². The van der Waals surface area contributed by atoms with E-state index in [9.17, 15) is 22.8 Å². The molecule has 1 aromatic carbocycles. The molecule has 6 nitrogen and oxygen atoms in total. The number of piperidine rings is 1. The minimum Gasteiger partial charge on any atom is -0.356 e. The van der Waals surface area contributed by atoms with Gasteiger partial charge in [-0.05, 0) is 49.9 Å². The molecule has 0 radical (unpaired) electrons. The number of hydrogen-bond donors (Lipinski definition) is 1. The first-order valence-electron chi connectivity index (χ1n) is 10.4. The van der Waals surface area contributed by atoms with Crippen molar-refractivity contribution < 1.29 is 22.8 Å². The third-order valence-electron chi connectivity index (χ3n) is 5.67. The van der Waals surface area contributed by atoms with Crippen molar-refractivity contribution in [2.75, 3.05) is 19.6 Å². The molecule has 31 heavy (non-hydrogen) atoms. The predicted octanol–water partition coefficient (Wildman–Crippen LogP) is 3.52. The summed E-state index contributed by atoms with van der Waals surface area (Å²) in [6.45, 7) is 6.13. The summed E-state index contributed by atoms with van der Waals surface area (Å²) in [7, 11) is 0. The van der Waals surface area contributed by atoms with Gasteiger partial charge < -0.3 is 14.8 Å². The SMILES string of the molecule is Cc1nccn1C[C@H](C)CNC(=O)C1CCN(C(=O)c2ccc(C(F)(F)F)cc2)CC1. The molecule has 1 aromatic heterocycles. The molecule has 1 aliphatic rings. The van der Waals surface area contributed by atoms with Crippen molar-refractivity contribution in [3.63, 3.8) is 0 Å². The number of aromatic nitrogens is 2. The minimum absolute atomic E-state index is 0.0177. The number of benzene rings is 1. The Morgan fingerprint density at radius 3 is 2.39 bits per heavy atom. The lowest BCUT2D eigenvalue weighted by molar-refractivity contribution is -0.137. The summed E-state index contributed by atoms with van der Waals surface area (Å²) in [6.07, 6.45) is 0.306. The smallest absolute Gasteiger partial charge is 0.356 e. The molecular formula is C22H27F3N4O2. The number of alkyl halides is 3. The topological polar surface area (TPSA) is 67.2 Å². The second-order valence-corrected chi connectivity index (χ2v) is 8.12. The molecule has 0 spiro atoms. The van der Waals surface area contributed by atoms with Crippen LogP contribution in [0.1, 0.15) is 41.5 Å². The highest BCUT2D eigenvalue weighted by molar-refractivity contribution is 5.94. The number of aryl methyl sites for hydroxylation is 1. The second kappa shape index (κ2) is 9.53. The second-order valence-electron chi connectivity index (χ2n) is 8.12. The maximum Gasteiger partial charge on any atom is 0.416 e. The zero-order chi connectivity index (χ0) is 22.6. The highest BCUT2D eigenvalue weighted by atomic mass is 19.4. The van der Waals surface area contributed by atoms with Gasteiger partial charge in [0.2, 0.25) is 5.91 Å². The fourth-order valence-electron chi connectivity index (χ4n) is 3.75. The van der Waals surface area contributed by atoms with Gasteiger partial charge in [0.1, 0.15) is 5.82 Å². The average molecular weight is 436 g/mol. The Hall–Kier alpha value is -2.84. The summed E-state index contributed by atoms with van der Waals surface area (Å²) in [5, 5.41) is 3.00. The Kier molecular flexibility index (Phi) is 7.02. The quantitative estimate of drug-likeness (QED) is 0.754. The van der Waals surface area contributed by atoms with E-state index in [0.717, 1.165) is 24.5 Å². The molecule has 0 saturated carbocycles. The first-order chi connectivity index (χ1) is 14.6. The van der Waals surface area contributed by atoms with Crippen LogP contribution in [0.4, 0.5) is 13.2 Å². The summed E-state index contributed by atoms with van der Waals surface area (Å²) in [6, 6.07) is 4.24. The number of nitrogens with one attached hydrogen (secondary N) is 1. The average Bonchev–Trinajstić information content (AvgIpc) is 3.15. The van der Waals surface area contributed by atoms with Crippen molar-refractivity contribution in [2.45, 2.75) is 39.4 Å². The molecule has 1 atom stereocenters. The van der Waals surface area contributed by atoms with Gasteiger partial charge in [0, 0.05) is 50.1 Å². The van der Waals surface area contributed by atoms with Crippen molar-refractivity contribution >= 4 is 11.8 Å². The predicted molar refractivity (Wildman–Crippen MR) is 109 cm³/mol. The molecule has 2 aromatic rings. The minimum atomic E-state index is -4.43. The molecule has 1 aliphatic heterocycles. The maximum atomic E-state index is 12.7. The van der Waals surface area contributed by atoms with E-state index in [-0.39, 0.29) is 29.2 Å². The monoisotopic (exact) mass is 436 g/mol. The van der Waals surface area contributed by atoms with E-state index in [4.69, 9.17) is 0 Å². The van der Waals surface area contributed by atoms with Crippen LogP contribution in [0.15, 0.2) is 36.7 Å². The van der Waals surface area contributed by atoms with E-state index in [1.54, 1.807) is 11.1 Å². The Labute approximate surface area is 179 Å². The highest BCUT2D eigenvalue weighted by Gasteiger charge is 2.31. The van der Waals surface area contributed by atoms with Gasteiger partial charge in [-0.2, -0.15) is 13.2 Å². The van der Waals surface area contributed by atoms with Crippen molar-refractivity contribution in [1.29, 1.82) is 0 Å². The number of rotatable bonds is 6. The van der Waals surface area contributed by atoms with Crippen molar-refractivity contribution in [1.82, 2.24) is 19.8 Å². The van der Waals surface area contributed by atoms with Gasteiger partial charge in [-0.15, -0.1) is 0 Å². The summed E-state index contributed by atoms with van der Waals surface area (Å²) >= 11 is 0. The van der Waals surface area contributed by atoms with Gasteiger partial charge in [0.15, 0.2) is 0 Å². The van der Waals surface area contributed by atoms with Crippen LogP contribution >= 0.6 is 0 Å². The Morgan fingerprint density at radius 2 is 1.84 bits per heavy atom. The summed E-state index contributed by atoms with van der Waals surface area (Å²) in [4.78, 5) is 30.9. The third-order valence-corrected chi connectivity index (χ3v) is 5.67. The van der Waals surface area contributed by atoms with Crippen molar-refractivity contribution in [2.24, 2.45) is 11.8 Å². The number of likely N-dealkylation sites (tertiary alicyclic amines) is 1. The van der Waals surface area contributed by atoms with Gasteiger partial charge in [-0.25, -0.2) is 4.98 Å². The van der Waals surface area contributed by atoms with Crippen LogP contribution in [0.2, 0.25) is 0 Å². The van der Waals surface area contributed by atoms with E-state index < -0.39 is 11.7 Å². The van der Waals surface area contributed by atoms with Gasteiger partial charge in [0.25, 0.3) is 5.91 Å². The molecular weight excluding hydrogens is 409 g/mol. The van der Waals surface area contributed by atoms with Crippen LogP contribution in [0.3, 0.4) is 0 Å². The molecule has 2 amide bonds. The lowest BCUT2D eigenvalue weighted by Crippen LogP contribution is -2.43. The van der Waals surface area contributed by atoms with Gasteiger partial charge in [-0.3, -0.25) is 9.59 Å². The third kappa shape index (κ3) is 5.86. The number of hydrogen-bond acceptors (Lipinski definition) is 3. The van der Waals surface area contributed by atoms with Crippen molar-refractivity contribution in [3.05, 3.63) is 53.6 Å². The zero-order valence-corrected chi connectivity index (χ0v) is 17.7. The van der Waals surface area contributed by atoms with E-state index in [2.05, 4.69) is 17.2 Å². The van der Waals surface area contributed by atoms with E-state index in [1.165, 1.54) is 12.1 Å². The Morgan fingerprint density at radius 1 is 1.19 bits per heavy atom. The Balaban J connectivity index is 1.44. The lowest BCUT2D eigenvalue weighted by Gasteiger charge is -2.31. The molecule has 0 aliphatic carbocycles. The van der Waals surface area contributed by atoms with E-state index in [0.29, 0.717) is 32.5 Å². The number of halogens is 3. The van der Waals surface area contributed by atoms with Gasteiger partial charge >= 0.3 is 6.18 Å². The fraction of sp³-hybridized carbons (Fsp3) is 0.500. The molecule has 1 N–H and O–H groups in total. The van der Waals surface area contributed by atoms with Crippen molar-refractivity contribution in [3.8, 4) is 0 Å². The number of nitrogens with zero attached hydrogens (tertiary/aromatic N) is 3. The Bertz CT molecular complexity index is 900. The maximum absolute atomic E-state index is 12.7. The van der Waals surface area contributed by atoms with Gasteiger partial charge in [-0.1, -0.05) is 6.92 Å². The van der Waals surface area contributed by atoms with Crippen LogP contribution in [0.5, 0.6) is 0 Å². The first-order valence-corrected chi connectivity index (χ1v) is 10.4. The summed E-state index contributed by atoms with van der Waals surface area (Å²) < 4.78 is 40.1. The molecule has 2 heterocycles. The van der Waals surface area contributed by atoms with Crippen LogP contribution < -0.4 is 5.32 Å². The van der Waals surface area contributed by atoms with E-state index in [1.807, 2.05) is 17.7 Å². The summed E-state index contributed by atoms with van der Waals surface area (Å²) in [5.74, 6) is 0.688.